The van der Waals surface area contributed by atoms with Crippen LogP contribution in [-0.4, -0.2) is 38.3 Å². The Hall–Kier alpha value is -1.69. The highest BCUT2D eigenvalue weighted by Crippen LogP contribution is 2.12. The molecule has 1 aliphatic heterocycles. The van der Waals surface area contributed by atoms with Crippen molar-refractivity contribution in [2.45, 2.75) is 32.3 Å². The molecule has 0 aliphatic carbocycles. The maximum Gasteiger partial charge on any atom is 0.191 e. The smallest absolute Gasteiger partial charge is 0.191 e. The van der Waals surface area contributed by atoms with Crippen LogP contribution in [-0.2, 0) is 11.2 Å². The quantitative estimate of drug-likeness (QED) is 0.626. The van der Waals surface area contributed by atoms with Crippen molar-refractivity contribution in [1.29, 1.82) is 0 Å². The van der Waals surface area contributed by atoms with Crippen LogP contribution in [0, 0.1) is 11.6 Å². The zero-order valence-corrected chi connectivity index (χ0v) is 12.9. The molecular weight excluding hydrogens is 288 g/mol. The molecule has 0 bridgehead atoms. The number of hydrogen-bond donors (Lipinski definition) is 2. The van der Waals surface area contributed by atoms with Crippen molar-refractivity contribution in [2.75, 3.05) is 26.2 Å². The molecule has 6 heteroatoms. The lowest BCUT2D eigenvalue weighted by molar-refractivity contribution is 0.117. The number of nitrogens with zero attached hydrogens (tertiary/aromatic N) is 1. The summed E-state index contributed by atoms with van der Waals surface area (Å²) in [6, 6.07) is 3.92. The minimum atomic E-state index is -0.511. The van der Waals surface area contributed by atoms with Crippen molar-refractivity contribution < 1.29 is 13.5 Å². The van der Waals surface area contributed by atoms with Gasteiger partial charge in [0, 0.05) is 25.3 Å². The first-order valence-corrected chi connectivity index (χ1v) is 7.77. The minimum Gasteiger partial charge on any atom is -0.376 e. The van der Waals surface area contributed by atoms with E-state index in [9.17, 15) is 8.78 Å². The van der Waals surface area contributed by atoms with E-state index in [2.05, 4.69) is 15.6 Å². The van der Waals surface area contributed by atoms with Crippen LogP contribution in [0.15, 0.2) is 23.2 Å². The standard InChI is InChI=1S/C16H23F2N3O/c1-2-19-16(21-11-12-5-4-10-22-12)20-9-8-13-14(17)6-3-7-15(13)18/h3,6-7,12H,2,4-5,8-11H2,1H3,(H2,19,20,21). The van der Waals surface area contributed by atoms with E-state index < -0.39 is 11.6 Å². The van der Waals surface area contributed by atoms with Crippen LogP contribution in [0.3, 0.4) is 0 Å². The topological polar surface area (TPSA) is 45.7 Å². The fourth-order valence-corrected chi connectivity index (χ4v) is 2.40. The molecule has 22 heavy (non-hydrogen) atoms. The molecule has 0 spiro atoms. The Morgan fingerprint density at radius 2 is 2.09 bits per heavy atom. The van der Waals surface area contributed by atoms with Crippen molar-refractivity contribution >= 4 is 5.96 Å². The van der Waals surface area contributed by atoms with Gasteiger partial charge in [-0.15, -0.1) is 0 Å². The molecule has 1 saturated heterocycles. The van der Waals surface area contributed by atoms with Gasteiger partial charge >= 0.3 is 0 Å². The molecule has 1 heterocycles. The first kappa shape index (κ1) is 16.7. The van der Waals surface area contributed by atoms with E-state index in [1.807, 2.05) is 6.92 Å². The molecule has 0 saturated carbocycles. The third kappa shape index (κ3) is 4.94. The normalized spacial score (nSPS) is 18.5. The SMILES string of the molecule is CCNC(=NCC1CCCO1)NCCc1c(F)cccc1F. The molecule has 0 radical (unpaired) electrons. The number of rotatable bonds is 6. The van der Waals surface area contributed by atoms with Crippen molar-refractivity contribution in [2.24, 2.45) is 4.99 Å². The lowest BCUT2D eigenvalue weighted by atomic mass is 10.1. The van der Waals surface area contributed by atoms with Gasteiger partial charge < -0.3 is 15.4 Å². The molecule has 0 aromatic heterocycles. The summed E-state index contributed by atoms with van der Waals surface area (Å²) in [4.78, 5) is 4.45. The number of ether oxygens (including phenoxy) is 1. The second-order valence-electron chi connectivity index (χ2n) is 5.23. The minimum absolute atomic E-state index is 0.102. The van der Waals surface area contributed by atoms with Crippen LogP contribution in [0.25, 0.3) is 0 Å². The molecule has 122 valence electrons. The fraction of sp³-hybridized carbons (Fsp3) is 0.562. The summed E-state index contributed by atoms with van der Waals surface area (Å²) in [5, 5.41) is 6.22. The van der Waals surface area contributed by atoms with Gasteiger partial charge in [0.05, 0.1) is 12.6 Å². The number of hydrogen-bond acceptors (Lipinski definition) is 2. The van der Waals surface area contributed by atoms with Gasteiger partial charge in [-0.25, -0.2) is 8.78 Å². The molecule has 1 fully saturated rings. The molecule has 1 atom stereocenters. The summed E-state index contributed by atoms with van der Waals surface area (Å²) >= 11 is 0. The molecule has 1 aromatic carbocycles. The molecule has 2 rings (SSSR count). The van der Waals surface area contributed by atoms with Gasteiger partial charge in [-0.1, -0.05) is 6.07 Å². The first-order chi connectivity index (χ1) is 10.7. The van der Waals surface area contributed by atoms with Crippen molar-refractivity contribution in [3.8, 4) is 0 Å². The highest BCUT2D eigenvalue weighted by molar-refractivity contribution is 5.79. The molecule has 1 aromatic rings. The van der Waals surface area contributed by atoms with Gasteiger partial charge in [-0.2, -0.15) is 0 Å². The van der Waals surface area contributed by atoms with Crippen molar-refractivity contribution in [3.05, 3.63) is 35.4 Å². The van der Waals surface area contributed by atoms with Gasteiger partial charge in [-0.05, 0) is 38.3 Å². The summed E-state index contributed by atoms with van der Waals surface area (Å²) in [5.41, 5.74) is 0.102. The van der Waals surface area contributed by atoms with Crippen LogP contribution in [0.2, 0.25) is 0 Å². The number of halogens is 2. The lowest BCUT2D eigenvalue weighted by Crippen LogP contribution is -2.39. The molecule has 1 aliphatic rings. The third-order valence-corrected chi connectivity index (χ3v) is 3.55. The molecule has 4 nitrogen and oxygen atoms in total. The first-order valence-electron chi connectivity index (χ1n) is 7.77. The Morgan fingerprint density at radius 3 is 2.73 bits per heavy atom. The van der Waals surface area contributed by atoms with Crippen LogP contribution in [0.4, 0.5) is 8.78 Å². The third-order valence-electron chi connectivity index (χ3n) is 3.55. The fourth-order valence-electron chi connectivity index (χ4n) is 2.40. The van der Waals surface area contributed by atoms with Gasteiger partial charge in [-0.3, -0.25) is 4.99 Å². The molecule has 1 unspecified atom stereocenters. The predicted molar refractivity (Wildman–Crippen MR) is 83.0 cm³/mol. The van der Waals surface area contributed by atoms with Gasteiger partial charge in [0.15, 0.2) is 5.96 Å². The number of benzene rings is 1. The van der Waals surface area contributed by atoms with E-state index in [1.54, 1.807) is 0 Å². The Morgan fingerprint density at radius 1 is 1.32 bits per heavy atom. The number of nitrogens with one attached hydrogen (secondary N) is 2. The largest absolute Gasteiger partial charge is 0.376 e. The lowest BCUT2D eigenvalue weighted by Gasteiger charge is -2.13. The molecular formula is C16H23F2N3O. The maximum atomic E-state index is 13.5. The van der Waals surface area contributed by atoms with Gasteiger partial charge in [0.2, 0.25) is 0 Å². The predicted octanol–water partition coefficient (Wildman–Crippen LogP) is 2.24. The van der Waals surface area contributed by atoms with Crippen LogP contribution in [0.5, 0.6) is 0 Å². The summed E-state index contributed by atoms with van der Waals surface area (Å²) in [6.45, 7) is 4.51. The maximum absolute atomic E-state index is 13.5. The summed E-state index contributed by atoms with van der Waals surface area (Å²) < 4.78 is 32.6. The number of guanidine groups is 1. The monoisotopic (exact) mass is 311 g/mol. The molecule has 2 N–H and O–H groups in total. The highest BCUT2D eigenvalue weighted by atomic mass is 19.1. The van der Waals surface area contributed by atoms with E-state index in [0.717, 1.165) is 26.0 Å². The van der Waals surface area contributed by atoms with E-state index in [0.29, 0.717) is 19.0 Å². The number of aliphatic imine (C=N–C) groups is 1. The Labute approximate surface area is 130 Å². The Kier molecular flexibility index (Phi) is 6.58. The van der Waals surface area contributed by atoms with Crippen LogP contribution in [0.1, 0.15) is 25.3 Å². The van der Waals surface area contributed by atoms with Gasteiger partial charge in [0.25, 0.3) is 0 Å². The second kappa shape index (κ2) is 8.68. The Bertz CT molecular complexity index is 482. The summed E-state index contributed by atoms with van der Waals surface area (Å²) in [7, 11) is 0. The average Bonchev–Trinajstić information content (AvgIpc) is 3.01. The molecule has 0 amide bonds. The zero-order chi connectivity index (χ0) is 15.8. The second-order valence-corrected chi connectivity index (χ2v) is 5.23. The van der Waals surface area contributed by atoms with E-state index in [1.165, 1.54) is 18.2 Å². The van der Waals surface area contributed by atoms with Crippen molar-refractivity contribution in [1.82, 2.24) is 10.6 Å². The summed E-state index contributed by atoms with van der Waals surface area (Å²) in [5.74, 6) is -0.374. The van der Waals surface area contributed by atoms with Crippen LogP contribution >= 0.6 is 0 Å². The Balaban J connectivity index is 1.84. The van der Waals surface area contributed by atoms with E-state index >= 15 is 0 Å². The van der Waals surface area contributed by atoms with Crippen LogP contribution < -0.4 is 10.6 Å². The van der Waals surface area contributed by atoms with E-state index in [-0.39, 0.29) is 18.1 Å². The van der Waals surface area contributed by atoms with Gasteiger partial charge in [0.1, 0.15) is 11.6 Å². The van der Waals surface area contributed by atoms with E-state index in [4.69, 9.17) is 4.74 Å². The highest BCUT2D eigenvalue weighted by Gasteiger charge is 2.15. The van der Waals surface area contributed by atoms with Crippen molar-refractivity contribution in [3.63, 3.8) is 0 Å². The summed E-state index contributed by atoms with van der Waals surface area (Å²) in [6.07, 6.45) is 2.56. The zero-order valence-electron chi connectivity index (χ0n) is 12.9. The average molecular weight is 311 g/mol.